The van der Waals surface area contributed by atoms with Crippen LogP contribution in [0, 0.1) is 0 Å². The van der Waals surface area contributed by atoms with Crippen LogP contribution in [0.15, 0.2) is 72.9 Å². The topological polar surface area (TPSA) is 307 Å². The Bertz CT molecular complexity index is 1880. The fourth-order valence-electron chi connectivity index (χ4n) is 11.2. The van der Waals surface area contributed by atoms with Gasteiger partial charge in [-0.2, -0.15) is 0 Å². The number of unbranched alkanes of at least 4 members (excludes halogenated alkanes) is 25. The fraction of sp³-hybridized carbons (Fsp3) is 0.812. The third-order valence-electron chi connectivity index (χ3n) is 16.7. The lowest BCUT2D eigenvalue weighted by atomic mass is 9.96. The lowest BCUT2D eigenvalue weighted by Crippen LogP contribution is -2.66. The highest BCUT2D eigenvalue weighted by molar-refractivity contribution is 5.76. The third-order valence-corrected chi connectivity index (χ3v) is 16.7. The van der Waals surface area contributed by atoms with E-state index in [2.05, 4.69) is 79.9 Å². The summed E-state index contributed by atoms with van der Waals surface area (Å²) in [6.45, 7) is 1.59. The molecule has 0 aromatic carbocycles. The summed E-state index contributed by atoms with van der Waals surface area (Å²) < 4.78 is 34.3. The minimum Gasteiger partial charge on any atom is -0.394 e. The first-order valence-corrected chi connectivity index (χ1v) is 34.2. The lowest BCUT2D eigenvalue weighted by Gasteiger charge is -2.48. The lowest BCUT2D eigenvalue weighted by molar-refractivity contribution is -0.379. The Kier molecular flexibility index (Phi) is 45.8. The molecule has 3 rings (SSSR count). The van der Waals surface area contributed by atoms with Gasteiger partial charge in [-0.1, -0.05) is 222 Å². The van der Waals surface area contributed by atoms with Crippen LogP contribution in [0.3, 0.4) is 0 Å². The highest BCUT2D eigenvalue weighted by Gasteiger charge is 2.53. The molecular formula is C69H121NO18. The van der Waals surface area contributed by atoms with Crippen molar-refractivity contribution in [1.82, 2.24) is 5.32 Å². The Morgan fingerprint density at radius 1 is 0.420 bits per heavy atom. The molecule has 19 nitrogen and oxygen atoms in total. The number of aliphatic hydroxyl groups excluding tert-OH is 11. The van der Waals surface area contributed by atoms with E-state index < -0.39 is 124 Å². The third kappa shape index (κ3) is 32.7. The largest absolute Gasteiger partial charge is 0.394 e. The summed E-state index contributed by atoms with van der Waals surface area (Å²) in [5.41, 5.74) is 0. The molecule has 1 amide bonds. The molecule has 3 aliphatic rings. The molecule has 0 radical (unpaired) electrons. The van der Waals surface area contributed by atoms with Crippen LogP contribution in [0.5, 0.6) is 0 Å². The molecule has 0 aliphatic carbocycles. The molecule has 3 saturated heterocycles. The summed E-state index contributed by atoms with van der Waals surface area (Å²) in [5, 5.41) is 120. The Hall–Kier alpha value is -2.77. The van der Waals surface area contributed by atoms with Crippen molar-refractivity contribution in [2.45, 2.75) is 330 Å². The quantitative estimate of drug-likeness (QED) is 0.0200. The molecule has 3 aliphatic heterocycles. The van der Waals surface area contributed by atoms with Crippen molar-refractivity contribution in [1.29, 1.82) is 0 Å². The smallest absolute Gasteiger partial charge is 0.220 e. The van der Waals surface area contributed by atoms with E-state index in [0.29, 0.717) is 12.8 Å². The van der Waals surface area contributed by atoms with Crippen LogP contribution in [-0.4, -0.2) is 193 Å². The van der Waals surface area contributed by atoms with E-state index in [1.807, 2.05) is 6.08 Å². The maximum atomic E-state index is 13.4. The maximum Gasteiger partial charge on any atom is 0.220 e. The molecular weight excluding hydrogens is 1130 g/mol. The van der Waals surface area contributed by atoms with E-state index in [0.717, 1.165) is 83.5 Å². The zero-order chi connectivity index (χ0) is 64.0. The standard InChI is InChI=1S/C69H121NO18/c1-3-5-7-9-11-13-15-17-19-21-23-24-25-26-27-29-30-32-34-36-38-40-42-44-46-53(74)52(70-57(75)47-45-43-41-39-37-35-33-31-28-22-20-18-16-14-12-10-8-6-4-2)51-83-67-63(81)60(78)65(55(49-72)85-67)88-69-64(82)61(79)66(56(50-73)86-69)87-68-62(80)59(77)58(76)54(48-71)84-68/h6,8,12,14,18,20,28,31,36,38,44,46,52-56,58-69,71-74,76-82H,3-5,7,9-11,13,15-17,19,21-27,29-30,32-35,37,39-43,45,47-51H2,1-2H3,(H,70,75)/b8-6-,14-12-,20-18-,31-28-,38-36+,46-44+. The number of carbonyl (C=O) groups excluding carboxylic acids is 1. The van der Waals surface area contributed by atoms with Gasteiger partial charge in [0.1, 0.15) is 73.2 Å². The zero-order valence-corrected chi connectivity index (χ0v) is 53.7. The van der Waals surface area contributed by atoms with E-state index in [-0.39, 0.29) is 18.9 Å². The van der Waals surface area contributed by atoms with Gasteiger partial charge in [0.05, 0.1) is 38.6 Å². The van der Waals surface area contributed by atoms with Crippen LogP contribution in [-0.2, 0) is 33.2 Å². The molecule has 12 N–H and O–H groups in total. The van der Waals surface area contributed by atoms with Gasteiger partial charge in [-0.15, -0.1) is 0 Å². The molecule has 0 saturated carbocycles. The SMILES string of the molecule is CC/C=C\C/C=C\C/C=C\C/C=C\CCCCCCCCC(=O)NC(COC1OC(CO)C(OC2OC(CO)C(OC3OC(CO)C(O)C(O)C3O)C(O)C2O)C(O)C1O)C(O)/C=C/CC/C=C/CCCCCCCCCCCCCCCCCCCC. The Balaban J connectivity index is 1.47. The number of ether oxygens (including phenoxy) is 6. The molecule has 0 spiro atoms. The Labute approximate surface area is 528 Å². The second-order valence-corrected chi connectivity index (χ2v) is 24.2. The van der Waals surface area contributed by atoms with Crippen LogP contribution in [0.1, 0.15) is 226 Å². The van der Waals surface area contributed by atoms with Gasteiger partial charge in [-0.05, 0) is 70.6 Å². The number of carbonyl (C=O) groups is 1. The van der Waals surface area contributed by atoms with Gasteiger partial charge in [0, 0.05) is 6.42 Å². The molecule has 19 heteroatoms. The van der Waals surface area contributed by atoms with Crippen molar-refractivity contribution < 1.29 is 89.4 Å². The highest BCUT2D eigenvalue weighted by atomic mass is 16.8. The molecule has 3 heterocycles. The molecule has 0 bridgehead atoms. The normalized spacial score (nSPS) is 28.9. The molecule has 0 aromatic rings. The number of aliphatic hydroxyl groups is 11. The minimum absolute atomic E-state index is 0.216. The van der Waals surface area contributed by atoms with Gasteiger partial charge in [-0.3, -0.25) is 4.79 Å². The number of amides is 1. The van der Waals surface area contributed by atoms with Gasteiger partial charge < -0.3 is 89.9 Å². The van der Waals surface area contributed by atoms with Crippen LogP contribution < -0.4 is 5.32 Å². The monoisotopic (exact) mass is 1250 g/mol. The van der Waals surface area contributed by atoms with Crippen molar-refractivity contribution in [3.05, 3.63) is 72.9 Å². The number of hydrogen-bond donors (Lipinski definition) is 12. The summed E-state index contributed by atoms with van der Waals surface area (Å²) in [6.07, 6.45) is 35.9. The first kappa shape index (κ1) is 79.5. The van der Waals surface area contributed by atoms with Crippen LogP contribution in [0.4, 0.5) is 0 Å². The maximum absolute atomic E-state index is 13.4. The second-order valence-electron chi connectivity index (χ2n) is 24.2. The van der Waals surface area contributed by atoms with Crippen LogP contribution in [0.2, 0.25) is 0 Å². The van der Waals surface area contributed by atoms with E-state index in [1.165, 1.54) is 109 Å². The van der Waals surface area contributed by atoms with Crippen LogP contribution >= 0.6 is 0 Å². The molecule has 3 fully saturated rings. The van der Waals surface area contributed by atoms with Gasteiger partial charge in [0.15, 0.2) is 18.9 Å². The Morgan fingerprint density at radius 3 is 1.27 bits per heavy atom. The molecule has 510 valence electrons. The minimum atomic E-state index is -1.99. The molecule has 17 unspecified atom stereocenters. The fourth-order valence-corrected chi connectivity index (χ4v) is 11.2. The average Bonchev–Trinajstić information content (AvgIpc) is 3.71. The first-order chi connectivity index (χ1) is 42.8. The van der Waals surface area contributed by atoms with Gasteiger partial charge >= 0.3 is 0 Å². The van der Waals surface area contributed by atoms with E-state index >= 15 is 0 Å². The van der Waals surface area contributed by atoms with E-state index in [4.69, 9.17) is 28.4 Å². The predicted molar refractivity (Wildman–Crippen MR) is 341 cm³/mol. The number of allylic oxidation sites excluding steroid dienone is 11. The van der Waals surface area contributed by atoms with Crippen molar-refractivity contribution in [2.75, 3.05) is 26.4 Å². The summed E-state index contributed by atoms with van der Waals surface area (Å²) in [5.74, 6) is -0.301. The Morgan fingerprint density at radius 2 is 0.795 bits per heavy atom. The summed E-state index contributed by atoms with van der Waals surface area (Å²) >= 11 is 0. The van der Waals surface area contributed by atoms with Crippen LogP contribution in [0.25, 0.3) is 0 Å². The van der Waals surface area contributed by atoms with Crippen molar-refractivity contribution >= 4 is 5.91 Å². The van der Waals surface area contributed by atoms with Crippen molar-refractivity contribution in [3.8, 4) is 0 Å². The average molecular weight is 1250 g/mol. The summed E-state index contributed by atoms with van der Waals surface area (Å²) in [7, 11) is 0. The number of hydrogen-bond acceptors (Lipinski definition) is 18. The summed E-state index contributed by atoms with van der Waals surface area (Å²) in [4.78, 5) is 13.4. The second kappa shape index (κ2) is 50.7. The first-order valence-electron chi connectivity index (χ1n) is 34.2. The molecule has 0 aromatic heterocycles. The van der Waals surface area contributed by atoms with Gasteiger partial charge in [-0.25, -0.2) is 0 Å². The van der Waals surface area contributed by atoms with E-state index in [9.17, 15) is 61.0 Å². The van der Waals surface area contributed by atoms with Gasteiger partial charge in [0.2, 0.25) is 5.91 Å². The van der Waals surface area contributed by atoms with E-state index in [1.54, 1.807) is 6.08 Å². The predicted octanol–water partition coefficient (Wildman–Crippen LogP) is 8.55. The summed E-state index contributed by atoms with van der Waals surface area (Å²) in [6, 6.07) is -1.00. The number of nitrogens with one attached hydrogen (secondary N) is 1. The van der Waals surface area contributed by atoms with Crippen molar-refractivity contribution in [2.24, 2.45) is 0 Å². The number of rotatable bonds is 51. The molecule has 17 atom stereocenters. The highest BCUT2D eigenvalue weighted by Crippen LogP contribution is 2.33. The zero-order valence-electron chi connectivity index (χ0n) is 53.7. The van der Waals surface area contributed by atoms with Gasteiger partial charge in [0.25, 0.3) is 0 Å². The molecule has 88 heavy (non-hydrogen) atoms. The van der Waals surface area contributed by atoms with Crippen molar-refractivity contribution in [3.63, 3.8) is 0 Å².